The summed E-state index contributed by atoms with van der Waals surface area (Å²) in [4.78, 5) is 17.8. The summed E-state index contributed by atoms with van der Waals surface area (Å²) in [6, 6.07) is 7.68. The van der Waals surface area contributed by atoms with E-state index in [-0.39, 0.29) is 5.41 Å². The van der Waals surface area contributed by atoms with Crippen molar-refractivity contribution in [3.05, 3.63) is 29.8 Å². The molecule has 1 aliphatic heterocycles. The SMILES string of the molecule is CC(C)(C)C1=NCCN1c1ccccc1C=O. The second-order valence-electron chi connectivity index (χ2n) is 5.28. The third kappa shape index (κ3) is 2.23. The van der Waals surface area contributed by atoms with Crippen LogP contribution in [0.3, 0.4) is 0 Å². The van der Waals surface area contributed by atoms with Crippen LogP contribution in [0.15, 0.2) is 29.3 Å². The maximum absolute atomic E-state index is 11.1. The number of carbonyl (C=O) groups excluding carboxylic acids is 1. The number of rotatable bonds is 2. The quantitative estimate of drug-likeness (QED) is 0.732. The van der Waals surface area contributed by atoms with E-state index in [4.69, 9.17) is 0 Å². The van der Waals surface area contributed by atoms with Crippen LogP contribution in [0.4, 0.5) is 5.69 Å². The van der Waals surface area contributed by atoms with E-state index in [0.29, 0.717) is 0 Å². The lowest BCUT2D eigenvalue weighted by atomic mass is 9.93. The van der Waals surface area contributed by atoms with E-state index in [9.17, 15) is 4.79 Å². The molecule has 0 fully saturated rings. The maximum Gasteiger partial charge on any atom is 0.152 e. The highest BCUT2D eigenvalue weighted by Crippen LogP contribution is 2.28. The molecule has 0 unspecified atom stereocenters. The summed E-state index contributed by atoms with van der Waals surface area (Å²) in [6.45, 7) is 8.10. The molecule has 90 valence electrons. The molecule has 0 atom stereocenters. The Labute approximate surface area is 102 Å². The molecule has 0 bridgehead atoms. The van der Waals surface area contributed by atoms with Crippen molar-refractivity contribution >= 4 is 17.8 Å². The summed E-state index contributed by atoms with van der Waals surface area (Å²) in [5, 5.41) is 0. The molecule has 1 aliphatic rings. The van der Waals surface area contributed by atoms with Gasteiger partial charge >= 0.3 is 0 Å². The third-order valence-corrected chi connectivity index (χ3v) is 2.87. The molecule has 3 heteroatoms. The summed E-state index contributed by atoms with van der Waals surface area (Å²) < 4.78 is 0. The lowest BCUT2D eigenvalue weighted by Crippen LogP contribution is -2.37. The zero-order valence-corrected chi connectivity index (χ0v) is 10.6. The van der Waals surface area contributed by atoms with E-state index < -0.39 is 0 Å². The van der Waals surface area contributed by atoms with Crippen LogP contribution in [0, 0.1) is 5.41 Å². The van der Waals surface area contributed by atoms with Crippen molar-refractivity contribution in [1.82, 2.24) is 0 Å². The fourth-order valence-corrected chi connectivity index (χ4v) is 2.16. The number of carbonyl (C=O) groups is 1. The number of amidine groups is 1. The van der Waals surface area contributed by atoms with Crippen LogP contribution < -0.4 is 4.90 Å². The summed E-state index contributed by atoms with van der Waals surface area (Å²) in [6.07, 6.45) is 0.911. The van der Waals surface area contributed by atoms with E-state index in [1.807, 2.05) is 24.3 Å². The van der Waals surface area contributed by atoms with Gasteiger partial charge in [-0.3, -0.25) is 9.79 Å². The molecule has 1 aromatic carbocycles. The van der Waals surface area contributed by atoms with Crippen molar-refractivity contribution in [1.29, 1.82) is 0 Å². The minimum atomic E-state index is 0.00644. The molecule has 17 heavy (non-hydrogen) atoms. The lowest BCUT2D eigenvalue weighted by Gasteiger charge is -2.29. The van der Waals surface area contributed by atoms with Gasteiger partial charge < -0.3 is 4.90 Å². The zero-order valence-electron chi connectivity index (χ0n) is 10.6. The van der Waals surface area contributed by atoms with Gasteiger partial charge in [-0.1, -0.05) is 32.9 Å². The Morgan fingerprint density at radius 3 is 2.65 bits per heavy atom. The highest BCUT2D eigenvalue weighted by atomic mass is 16.1. The first kappa shape index (κ1) is 11.8. The predicted molar refractivity (Wildman–Crippen MR) is 70.9 cm³/mol. The molecule has 0 aromatic heterocycles. The number of hydrogen-bond donors (Lipinski definition) is 0. The second-order valence-corrected chi connectivity index (χ2v) is 5.28. The van der Waals surface area contributed by atoms with Gasteiger partial charge in [-0.15, -0.1) is 0 Å². The number of nitrogens with zero attached hydrogens (tertiary/aromatic N) is 2. The second kappa shape index (κ2) is 4.32. The van der Waals surface area contributed by atoms with E-state index in [0.717, 1.165) is 36.5 Å². The lowest BCUT2D eigenvalue weighted by molar-refractivity contribution is 0.112. The molecule has 0 aliphatic carbocycles. The summed E-state index contributed by atoms with van der Waals surface area (Å²) in [5.41, 5.74) is 1.70. The first-order chi connectivity index (χ1) is 8.04. The summed E-state index contributed by atoms with van der Waals surface area (Å²) in [7, 11) is 0. The fraction of sp³-hybridized carbons (Fsp3) is 0.429. The first-order valence-corrected chi connectivity index (χ1v) is 5.91. The third-order valence-electron chi connectivity index (χ3n) is 2.87. The molecule has 0 saturated carbocycles. The van der Waals surface area contributed by atoms with Gasteiger partial charge in [-0.05, 0) is 12.1 Å². The zero-order chi connectivity index (χ0) is 12.5. The van der Waals surface area contributed by atoms with Crippen molar-refractivity contribution < 1.29 is 4.79 Å². The van der Waals surface area contributed by atoms with E-state index in [1.165, 1.54) is 0 Å². The molecule has 0 amide bonds. The van der Waals surface area contributed by atoms with Crippen LogP contribution in [0.25, 0.3) is 0 Å². The van der Waals surface area contributed by atoms with Gasteiger partial charge in [0.2, 0.25) is 0 Å². The average Bonchev–Trinajstić information content (AvgIpc) is 2.77. The van der Waals surface area contributed by atoms with Crippen molar-refractivity contribution in [3.8, 4) is 0 Å². The van der Waals surface area contributed by atoms with Gasteiger partial charge in [0.1, 0.15) is 5.84 Å². The molecule has 2 rings (SSSR count). The average molecular weight is 230 g/mol. The highest BCUT2D eigenvalue weighted by molar-refractivity contribution is 6.05. The van der Waals surface area contributed by atoms with Gasteiger partial charge in [0.15, 0.2) is 6.29 Å². The highest BCUT2D eigenvalue weighted by Gasteiger charge is 2.29. The number of hydrogen-bond acceptors (Lipinski definition) is 3. The van der Waals surface area contributed by atoms with Crippen LogP contribution in [0.1, 0.15) is 31.1 Å². The van der Waals surface area contributed by atoms with E-state index in [2.05, 4.69) is 30.7 Å². The first-order valence-electron chi connectivity index (χ1n) is 5.91. The number of benzene rings is 1. The standard InChI is InChI=1S/C14H18N2O/c1-14(2,3)13-15-8-9-16(13)12-7-5-4-6-11(12)10-17/h4-7,10H,8-9H2,1-3H3. The molecule has 1 heterocycles. The Morgan fingerprint density at radius 2 is 2.00 bits per heavy atom. The van der Waals surface area contributed by atoms with Gasteiger partial charge in [0, 0.05) is 17.5 Å². The van der Waals surface area contributed by atoms with Crippen molar-refractivity contribution in [2.75, 3.05) is 18.0 Å². The number of aldehydes is 1. The van der Waals surface area contributed by atoms with Gasteiger partial charge in [-0.2, -0.15) is 0 Å². The van der Waals surface area contributed by atoms with Crippen LogP contribution in [0.5, 0.6) is 0 Å². The molecule has 0 radical (unpaired) electrons. The van der Waals surface area contributed by atoms with Crippen molar-refractivity contribution in [3.63, 3.8) is 0 Å². The van der Waals surface area contributed by atoms with Gasteiger partial charge in [0.05, 0.1) is 12.2 Å². The molecule has 0 spiro atoms. The van der Waals surface area contributed by atoms with Crippen molar-refractivity contribution in [2.45, 2.75) is 20.8 Å². The number of aliphatic imine (C=N–C) groups is 1. The van der Waals surface area contributed by atoms with Crippen LogP contribution in [0.2, 0.25) is 0 Å². The van der Waals surface area contributed by atoms with Crippen LogP contribution in [-0.2, 0) is 0 Å². The molecule has 1 aromatic rings. The smallest absolute Gasteiger partial charge is 0.152 e. The number of anilines is 1. The summed E-state index contributed by atoms with van der Waals surface area (Å²) >= 11 is 0. The van der Waals surface area contributed by atoms with E-state index in [1.54, 1.807) is 0 Å². The minimum Gasteiger partial charge on any atom is -0.327 e. The van der Waals surface area contributed by atoms with E-state index >= 15 is 0 Å². The Morgan fingerprint density at radius 1 is 1.29 bits per heavy atom. The normalized spacial score (nSPS) is 15.9. The molecular formula is C14H18N2O. The molecule has 3 nitrogen and oxygen atoms in total. The van der Waals surface area contributed by atoms with Gasteiger partial charge in [-0.25, -0.2) is 0 Å². The Kier molecular flexibility index (Phi) is 3.01. The minimum absolute atomic E-state index is 0.00644. The summed E-state index contributed by atoms with van der Waals surface area (Å²) in [5.74, 6) is 1.06. The Hall–Kier alpha value is -1.64. The largest absolute Gasteiger partial charge is 0.327 e. The topological polar surface area (TPSA) is 32.7 Å². The molecule has 0 N–H and O–H groups in total. The monoisotopic (exact) mass is 230 g/mol. The van der Waals surface area contributed by atoms with Gasteiger partial charge in [0.25, 0.3) is 0 Å². The Balaban J connectivity index is 2.41. The van der Waals surface area contributed by atoms with Crippen LogP contribution in [-0.4, -0.2) is 25.2 Å². The predicted octanol–water partition coefficient (Wildman–Crippen LogP) is 2.76. The fourth-order valence-electron chi connectivity index (χ4n) is 2.16. The molecular weight excluding hydrogens is 212 g/mol. The maximum atomic E-state index is 11.1. The van der Waals surface area contributed by atoms with Crippen molar-refractivity contribution in [2.24, 2.45) is 10.4 Å². The number of para-hydroxylation sites is 1. The molecule has 0 saturated heterocycles. The Bertz CT molecular complexity index is 458. The van der Waals surface area contributed by atoms with Crippen LogP contribution >= 0.6 is 0 Å².